The van der Waals surface area contributed by atoms with E-state index in [1.54, 1.807) is 18.9 Å². The van der Waals surface area contributed by atoms with Crippen LogP contribution in [0.25, 0.3) is 0 Å². The Morgan fingerprint density at radius 2 is 1.96 bits per heavy atom. The number of benzene rings is 1. The Kier molecular flexibility index (Phi) is 5.28. The molecule has 128 valence electrons. The summed E-state index contributed by atoms with van der Waals surface area (Å²) in [5.74, 6) is 0.554. The summed E-state index contributed by atoms with van der Waals surface area (Å²) >= 11 is 1.74. The highest BCUT2D eigenvalue weighted by molar-refractivity contribution is 7.97. The first-order chi connectivity index (χ1) is 11.5. The molecule has 0 radical (unpaired) electrons. The van der Waals surface area contributed by atoms with Crippen molar-refractivity contribution in [1.29, 1.82) is 0 Å². The van der Waals surface area contributed by atoms with Crippen molar-refractivity contribution in [2.45, 2.75) is 30.9 Å². The van der Waals surface area contributed by atoms with Gasteiger partial charge in [-0.25, -0.2) is 9.29 Å². The molecule has 6 heteroatoms. The van der Waals surface area contributed by atoms with Crippen molar-refractivity contribution in [3.05, 3.63) is 48.2 Å². The lowest BCUT2D eigenvalue weighted by atomic mass is 10.1. The van der Waals surface area contributed by atoms with Gasteiger partial charge in [0.15, 0.2) is 0 Å². The molecule has 1 fully saturated rings. The lowest BCUT2D eigenvalue weighted by molar-refractivity contribution is 0.199. The lowest BCUT2D eigenvalue weighted by Gasteiger charge is -2.40. The summed E-state index contributed by atoms with van der Waals surface area (Å²) < 4.78 is 2.37. The third kappa shape index (κ3) is 4.01. The third-order valence-electron chi connectivity index (χ3n) is 4.29. The third-order valence-corrected chi connectivity index (χ3v) is 5.33. The first kappa shape index (κ1) is 17.1. The Bertz CT molecular complexity index is 660. The van der Waals surface area contributed by atoms with Crippen molar-refractivity contribution in [2.24, 2.45) is 0 Å². The summed E-state index contributed by atoms with van der Waals surface area (Å²) in [5, 5.41) is 9.63. The van der Waals surface area contributed by atoms with Crippen molar-refractivity contribution in [1.82, 2.24) is 9.29 Å². The van der Waals surface area contributed by atoms with E-state index >= 15 is 0 Å². The minimum atomic E-state index is -0.418. The van der Waals surface area contributed by atoms with Gasteiger partial charge in [-0.1, -0.05) is 12.1 Å². The second-order valence-electron chi connectivity index (χ2n) is 6.21. The smallest absolute Gasteiger partial charge is 0.123 e. The molecule has 24 heavy (non-hydrogen) atoms. The molecule has 1 aromatic carbocycles. The highest BCUT2D eigenvalue weighted by atomic mass is 32.2. The van der Waals surface area contributed by atoms with Crippen LogP contribution in [0.5, 0.6) is 0 Å². The normalized spacial score (nSPS) is 20.1. The van der Waals surface area contributed by atoms with Gasteiger partial charge in [-0.2, -0.15) is 0 Å². The Morgan fingerprint density at radius 3 is 2.54 bits per heavy atom. The van der Waals surface area contributed by atoms with E-state index in [1.165, 1.54) is 5.69 Å². The van der Waals surface area contributed by atoms with Gasteiger partial charge < -0.3 is 15.7 Å². The zero-order valence-corrected chi connectivity index (χ0v) is 14.9. The molecule has 2 aromatic rings. The number of aliphatic hydroxyl groups is 1. The molecular weight excluding hydrogens is 320 g/mol. The largest absolute Gasteiger partial charge is 0.389 e. The number of anilines is 2. The Morgan fingerprint density at radius 1 is 1.21 bits per heavy atom. The van der Waals surface area contributed by atoms with Gasteiger partial charge in [0.2, 0.25) is 0 Å². The topological polar surface area (TPSA) is 65.6 Å². The molecule has 2 unspecified atom stereocenters. The molecule has 5 nitrogen and oxygen atoms in total. The zero-order valence-electron chi connectivity index (χ0n) is 14.1. The summed E-state index contributed by atoms with van der Waals surface area (Å²) in [7, 11) is 0. The molecular formula is C18H24N4OS. The molecule has 3 N–H and O–H groups in total. The molecule has 0 amide bonds. The summed E-state index contributed by atoms with van der Waals surface area (Å²) in [5.41, 5.74) is 7.81. The second kappa shape index (κ2) is 7.42. The molecule has 0 saturated carbocycles. The maximum absolute atomic E-state index is 9.63. The molecule has 3 rings (SSSR count). The van der Waals surface area contributed by atoms with E-state index in [4.69, 9.17) is 5.73 Å². The summed E-state index contributed by atoms with van der Waals surface area (Å²) in [6.07, 6.45) is 1.41. The average molecular weight is 344 g/mol. The van der Waals surface area contributed by atoms with E-state index in [0.29, 0.717) is 11.9 Å². The second-order valence-corrected chi connectivity index (χ2v) is 7.38. The Labute approximate surface area is 147 Å². The number of piperazine rings is 1. The minimum Gasteiger partial charge on any atom is -0.389 e. The predicted molar refractivity (Wildman–Crippen MR) is 100.0 cm³/mol. The highest BCUT2D eigenvalue weighted by Crippen LogP contribution is 2.28. The quantitative estimate of drug-likeness (QED) is 0.832. The Balaban J connectivity index is 1.61. The molecule has 0 aliphatic carbocycles. The number of aromatic nitrogens is 1. The average Bonchev–Trinajstić information content (AvgIpc) is 2.57. The van der Waals surface area contributed by atoms with Crippen molar-refractivity contribution in [3.8, 4) is 0 Å². The van der Waals surface area contributed by atoms with Crippen LogP contribution in [0.3, 0.4) is 0 Å². The van der Waals surface area contributed by atoms with E-state index in [9.17, 15) is 5.11 Å². The van der Waals surface area contributed by atoms with Gasteiger partial charge >= 0.3 is 0 Å². The van der Waals surface area contributed by atoms with Gasteiger partial charge in [0, 0.05) is 42.5 Å². The minimum absolute atomic E-state index is 0.418. The van der Waals surface area contributed by atoms with Gasteiger partial charge in [0.1, 0.15) is 5.82 Å². The number of aliphatic hydroxyl groups excluding tert-OH is 1. The molecule has 2 atom stereocenters. The van der Waals surface area contributed by atoms with Crippen LogP contribution in [0.4, 0.5) is 11.5 Å². The van der Waals surface area contributed by atoms with Crippen LogP contribution < -0.4 is 10.6 Å². The number of hydrogen-bond acceptors (Lipinski definition) is 6. The van der Waals surface area contributed by atoms with Crippen LogP contribution in [0.1, 0.15) is 25.5 Å². The number of nitrogens with two attached hydrogens (primary N) is 1. The van der Waals surface area contributed by atoms with E-state index in [2.05, 4.69) is 33.2 Å². The molecule has 2 heterocycles. The van der Waals surface area contributed by atoms with Gasteiger partial charge in [-0.05, 0) is 55.6 Å². The van der Waals surface area contributed by atoms with Gasteiger partial charge in [0.25, 0.3) is 0 Å². The van der Waals surface area contributed by atoms with Crippen LogP contribution >= 0.6 is 11.9 Å². The standard InChI is InChI=1S/C18H24N4OS/c1-13-12-21(24-17-7-8-18(19)20-11-17)9-10-22(13)16-5-3-15(4-6-16)14(2)23/h3-8,11,13-14,23H,9-10,12H2,1-2H3,(H2,19,20). The van der Waals surface area contributed by atoms with E-state index in [1.807, 2.05) is 30.5 Å². The number of pyridine rings is 1. The van der Waals surface area contributed by atoms with Crippen molar-refractivity contribution in [3.63, 3.8) is 0 Å². The van der Waals surface area contributed by atoms with Crippen LogP contribution in [-0.2, 0) is 0 Å². The summed E-state index contributed by atoms with van der Waals surface area (Å²) in [6.45, 7) is 6.98. The SMILES string of the molecule is CC(O)c1ccc(N2CCN(Sc3ccc(N)nc3)CC2C)cc1. The molecule has 1 aliphatic heterocycles. The molecule has 1 aliphatic rings. The van der Waals surface area contributed by atoms with Crippen molar-refractivity contribution < 1.29 is 5.11 Å². The van der Waals surface area contributed by atoms with Crippen LogP contribution in [0, 0.1) is 0 Å². The fourth-order valence-electron chi connectivity index (χ4n) is 2.93. The summed E-state index contributed by atoms with van der Waals surface area (Å²) in [6, 6.07) is 12.5. The van der Waals surface area contributed by atoms with Crippen molar-refractivity contribution >= 4 is 23.5 Å². The van der Waals surface area contributed by atoms with Crippen LogP contribution in [0.2, 0.25) is 0 Å². The van der Waals surface area contributed by atoms with Crippen LogP contribution in [-0.4, -0.2) is 40.1 Å². The first-order valence-corrected chi connectivity index (χ1v) is 8.99. The monoisotopic (exact) mass is 344 g/mol. The molecule has 1 saturated heterocycles. The van der Waals surface area contributed by atoms with Gasteiger partial charge in [0.05, 0.1) is 6.10 Å². The van der Waals surface area contributed by atoms with Crippen LogP contribution in [0.15, 0.2) is 47.5 Å². The first-order valence-electron chi connectivity index (χ1n) is 8.22. The van der Waals surface area contributed by atoms with E-state index < -0.39 is 6.10 Å². The lowest BCUT2D eigenvalue weighted by Crippen LogP contribution is -2.49. The Hall–Kier alpha value is -1.76. The summed E-state index contributed by atoms with van der Waals surface area (Å²) in [4.78, 5) is 7.69. The fraction of sp³-hybridized carbons (Fsp3) is 0.389. The number of nitrogen functional groups attached to an aromatic ring is 1. The predicted octanol–water partition coefficient (Wildman–Crippen LogP) is 2.93. The van der Waals surface area contributed by atoms with Crippen molar-refractivity contribution in [2.75, 3.05) is 30.3 Å². The van der Waals surface area contributed by atoms with Gasteiger partial charge in [-0.3, -0.25) is 0 Å². The maximum atomic E-state index is 9.63. The van der Waals surface area contributed by atoms with E-state index in [0.717, 1.165) is 30.1 Å². The molecule has 0 spiro atoms. The highest BCUT2D eigenvalue weighted by Gasteiger charge is 2.24. The maximum Gasteiger partial charge on any atom is 0.123 e. The number of hydrogen-bond donors (Lipinski definition) is 2. The number of rotatable bonds is 4. The number of nitrogens with zero attached hydrogens (tertiary/aromatic N) is 3. The van der Waals surface area contributed by atoms with Gasteiger partial charge in [-0.15, -0.1) is 0 Å². The fourth-order valence-corrected chi connectivity index (χ4v) is 3.92. The van der Waals surface area contributed by atoms with E-state index in [-0.39, 0.29) is 0 Å². The molecule has 1 aromatic heterocycles. The molecule has 0 bridgehead atoms. The zero-order chi connectivity index (χ0) is 17.1.